The average Bonchev–Trinajstić information content (AvgIpc) is 3.15. The number of benzene rings is 5. The van der Waals surface area contributed by atoms with Gasteiger partial charge in [-0.1, -0.05) is 72.8 Å². The van der Waals surface area contributed by atoms with Gasteiger partial charge in [0.2, 0.25) is 6.10 Å². The standard InChI is InChI=1S/C24H25NO4.C18H18O6/c1-27-22-9-7-19(25)12-17(22)11-18-15-29-23-10-8-20(13-21(23)24(18)26)28-14-16-5-3-2-4-6-16;1-11-7-3-5-9-13(11)18(17(22)23,15(19)16(20)21)24-14-10-6-4-8-12(14)2/h2-10,12-13,18,24,26H,11,14-15,25H2,1H3;3-10,15,19H,1-2H3,(H,20,21)(H,22,23)/t18-,24-;15-,18+/m10/s1. The fourth-order valence-electron chi connectivity index (χ4n) is 6.21. The highest BCUT2D eigenvalue weighted by atomic mass is 16.5. The van der Waals surface area contributed by atoms with E-state index in [1.807, 2.05) is 66.7 Å². The van der Waals surface area contributed by atoms with E-state index >= 15 is 0 Å². The first-order chi connectivity index (χ1) is 25.4. The molecule has 0 radical (unpaired) electrons. The van der Waals surface area contributed by atoms with Crippen molar-refractivity contribution < 1.29 is 49.0 Å². The predicted octanol–water partition coefficient (Wildman–Crippen LogP) is 6.25. The topological polar surface area (TPSA) is 178 Å². The Labute approximate surface area is 307 Å². The van der Waals surface area contributed by atoms with Crippen LogP contribution in [0.15, 0.2) is 115 Å². The number of hydrogen-bond donors (Lipinski definition) is 5. The van der Waals surface area contributed by atoms with Crippen LogP contribution >= 0.6 is 0 Å². The van der Waals surface area contributed by atoms with Crippen LogP contribution in [0.1, 0.15) is 39.5 Å². The van der Waals surface area contributed by atoms with Crippen molar-refractivity contribution in [3.63, 3.8) is 0 Å². The van der Waals surface area contributed by atoms with E-state index in [1.54, 1.807) is 57.4 Å². The summed E-state index contributed by atoms with van der Waals surface area (Å²) in [5.41, 5.74) is 8.12. The second kappa shape index (κ2) is 17.0. The van der Waals surface area contributed by atoms with Crippen LogP contribution in [0.4, 0.5) is 5.69 Å². The third kappa shape index (κ3) is 8.71. The molecule has 0 amide bonds. The second-order valence-electron chi connectivity index (χ2n) is 12.7. The molecule has 0 aliphatic carbocycles. The number of rotatable bonds is 12. The number of para-hydroxylation sites is 1. The molecule has 5 aromatic rings. The minimum atomic E-state index is -2.47. The lowest BCUT2D eigenvalue weighted by atomic mass is 9.84. The largest absolute Gasteiger partial charge is 0.496 e. The number of aryl methyl sites for hydroxylation is 2. The molecule has 0 fully saturated rings. The van der Waals surface area contributed by atoms with Crippen molar-refractivity contribution in [1.82, 2.24) is 0 Å². The van der Waals surface area contributed by atoms with Crippen LogP contribution in [-0.2, 0) is 28.2 Å². The van der Waals surface area contributed by atoms with E-state index in [-0.39, 0.29) is 17.2 Å². The van der Waals surface area contributed by atoms with Gasteiger partial charge in [0.05, 0.1) is 19.8 Å². The van der Waals surface area contributed by atoms with Gasteiger partial charge >= 0.3 is 11.9 Å². The summed E-state index contributed by atoms with van der Waals surface area (Å²) in [5.74, 6) is -1.04. The first-order valence-corrected chi connectivity index (χ1v) is 16.9. The van der Waals surface area contributed by atoms with Crippen molar-refractivity contribution in [2.24, 2.45) is 5.92 Å². The maximum absolute atomic E-state index is 12.1. The fourth-order valence-corrected chi connectivity index (χ4v) is 6.21. The summed E-state index contributed by atoms with van der Waals surface area (Å²) in [6.07, 6.45) is -2.36. The molecule has 0 aromatic heterocycles. The molecule has 0 bridgehead atoms. The first-order valence-electron chi connectivity index (χ1n) is 16.9. The third-order valence-electron chi connectivity index (χ3n) is 9.08. The molecule has 1 aliphatic heterocycles. The molecule has 0 saturated carbocycles. The molecule has 1 aliphatic rings. The molecule has 0 saturated heterocycles. The van der Waals surface area contributed by atoms with Gasteiger partial charge < -0.3 is 45.1 Å². The Bertz CT molecular complexity index is 2030. The molecule has 5 aromatic carbocycles. The van der Waals surface area contributed by atoms with Gasteiger partial charge in [0.25, 0.3) is 5.60 Å². The predicted molar refractivity (Wildman–Crippen MR) is 198 cm³/mol. The van der Waals surface area contributed by atoms with Gasteiger partial charge in [-0.05, 0) is 85.0 Å². The van der Waals surface area contributed by atoms with E-state index in [9.17, 15) is 30.0 Å². The number of fused-ring (bicyclic) bond motifs is 1. The number of nitrogen functional groups attached to an aromatic ring is 1. The number of methoxy groups -OCH3 is 1. The van der Waals surface area contributed by atoms with Crippen molar-refractivity contribution in [3.8, 4) is 23.0 Å². The summed E-state index contributed by atoms with van der Waals surface area (Å²) < 4.78 is 22.9. The Morgan fingerprint density at radius 3 is 2.21 bits per heavy atom. The van der Waals surface area contributed by atoms with E-state index in [4.69, 9.17) is 24.7 Å². The van der Waals surface area contributed by atoms with E-state index in [0.717, 1.165) is 22.4 Å². The van der Waals surface area contributed by atoms with Gasteiger partial charge in [-0.15, -0.1) is 0 Å². The molecule has 4 atom stereocenters. The Kier molecular flexibility index (Phi) is 12.2. The summed E-state index contributed by atoms with van der Waals surface area (Å²) in [6, 6.07) is 34.1. The number of ether oxygens (including phenoxy) is 4. The highest BCUT2D eigenvalue weighted by Gasteiger charge is 2.54. The normalized spacial score (nSPS) is 16.3. The smallest absolute Gasteiger partial charge is 0.356 e. The molecule has 0 spiro atoms. The van der Waals surface area contributed by atoms with Crippen molar-refractivity contribution in [2.75, 3.05) is 19.5 Å². The van der Waals surface area contributed by atoms with Crippen molar-refractivity contribution in [1.29, 1.82) is 0 Å². The molecular weight excluding hydrogens is 678 g/mol. The highest BCUT2D eigenvalue weighted by molar-refractivity contribution is 5.89. The summed E-state index contributed by atoms with van der Waals surface area (Å²) in [7, 11) is 1.63. The fraction of sp³-hybridized carbons (Fsp3) is 0.238. The number of anilines is 1. The summed E-state index contributed by atoms with van der Waals surface area (Å²) in [4.78, 5) is 23.5. The Morgan fingerprint density at radius 1 is 0.868 bits per heavy atom. The first kappa shape index (κ1) is 38.2. The number of hydrogen-bond acceptors (Lipinski definition) is 9. The number of aliphatic hydroxyl groups excluding tert-OH is 2. The lowest BCUT2D eigenvalue weighted by Gasteiger charge is -2.34. The number of carboxylic acid groups (broad SMARTS) is 2. The number of aliphatic hydroxyl groups is 2. The van der Waals surface area contributed by atoms with Crippen LogP contribution in [0.3, 0.4) is 0 Å². The molecule has 6 rings (SSSR count). The van der Waals surface area contributed by atoms with Crippen LogP contribution in [-0.4, -0.2) is 52.2 Å². The van der Waals surface area contributed by atoms with Crippen LogP contribution in [0.2, 0.25) is 0 Å². The summed E-state index contributed by atoms with van der Waals surface area (Å²) >= 11 is 0. The van der Waals surface area contributed by atoms with Gasteiger partial charge in [0, 0.05) is 22.7 Å². The maximum Gasteiger partial charge on any atom is 0.356 e. The molecular formula is C42H43NO10. The Hall–Kier alpha value is -6.04. The molecule has 53 heavy (non-hydrogen) atoms. The monoisotopic (exact) mass is 721 g/mol. The summed E-state index contributed by atoms with van der Waals surface area (Å²) in [5, 5.41) is 40.3. The zero-order valence-electron chi connectivity index (χ0n) is 29.6. The van der Waals surface area contributed by atoms with Gasteiger partial charge in [-0.2, -0.15) is 0 Å². The number of carboxylic acids is 2. The zero-order chi connectivity index (χ0) is 38.1. The SMILES string of the molecule is COc1ccc(N)cc1C[C@@H]1COc2ccc(OCc3ccccc3)cc2[C@@H]1O.Cc1ccccc1O[C@](C(=O)O)(c1ccccc1C)[C@@H](O)C(=O)O. The van der Waals surface area contributed by atoms with Gasteiger partial charge in [0.1, 0.15) is 29.6 Å². The molecule has 11 nitrogen and oxygen atoms in total. The second-order valence-corrected chi connectivity index (χ2v) is 12.7. The van der Waals surface area contributed by atoms with Gasteiger partial charge in [-0.25, -0.2) is 9.59 Å². The third-order valence-corrected chi connectivity index (χ3v) is 9.08. The van der Waals surface area contributed by atoms with Crippen molar-refractivity contribution in [2.45, 2.75) is 44.7 Å². The molecule has 276 valence electrons. The van der Waals surface area contributed by atoms with Crippen LogP contribution in [0, 0.1) is 19.8 Å². The maximum atomic E-state index is 12.1. The number of carbonyl (C=O) groups is 2. The zero-order valence-corrected chi connectivity index (χ0v) is 29.6. The van der Waals surface area contributed by atoms with Crippen molar-refractivity contribution >= 4 is 17.6 Å². The number of nitrogens with two attached hydrogens (primary N) is 1. The minimum Gasteiger partial charge on any atom is -0.496 e. The highest BCUT2D eigenvalue weighted by Crippen LogP contribution is 2.40. The Balaban J connectivity index is 0.000000209. The average molecular weight is 722 g/mol. The van der Waals surface area contributed by atoms with E-state index in [2.05, 4.69) is 0 Å². The van der Waals surface area contributed by atoms with Crippen LogP contribution in [0.5, 0.6) is 23.0 Å². The molecule has 1 heterocycles. The minimum absolute atomic E-state index is 0.0793. The number of aliphatic carboxylic acids is 2. The molecule has 6 N–H and O–H groups in total. The lowest BCUT2D eigenvalue weighted by Crippen LogP contribution is -2.55. The summed E-state index contributed by atoms with van der Waals surface area (Å²) in [6.45, 7) is 4.23. The van der Waals surface area contributed by atoms with E-state index in [0.29, 0.717) is 47.9 Å². The lowest BCUT2D eigenvalue weighted by molar-refractivity contribution is -0.180. The Morgan fingerprint density at radius 2 is 1.55 bits per heavy atom. The van der Waals surface area contributed by atoms with E-state index in [1.165, 1.54) is 12.1 Å². The quantitative estimate of drug-likeness (QED) is 0.0921. The van der Waals surface area contributed by atoms with Crippen LogP contribution < -0.4 is 24.7 Å². The molecule has 11 heteroatoms. The van der Waals surface area contributed by atoms with E-state index < -0.39 is 29.7 Å². The van der Waals surface area contributed by atoms with Gasteiger partial charge in [-0.3, -0.25) is 0 Å². The molecule has 0 unspecified atom stereocenters. The van der Waals surface area contributed by atoms with Crippen LogP contribution in [0.25, 0.3) is 0 Å². The van der Waals surface area contributed by atoms with Crippen molar-refractivity contribution in [3.05, 3.63) is 149 Å². The van der Waals surface area contributed by atoms with Gasteiger partial charge in [0.15, 0.2) is 0 Å².